The Labute approximate surface area is 112 Å². The van der Waals surface area contributed by atoms with Gasteiger partial charge in [-0.05, 0) is 24.5 Å². The van der Waals surface area contributed by atoms with Crippen LogP contribution in [0.15, 0.2) is 24.3 Å². The molecular weight excluding hydrogens is 244 g/mol. The van der Waals surface area contributed by atoms with Gasteiger partial charge in [0.1, 0.15) is 0 Å². The maximum atomic E-state index is 12.1. The minimum absolute atomic E-state index is 0.0272. The van der Waals surface area contributed by atoms with E-state index in [1.54, 1.807) is 29.2 Å². The molecule has 1 fully saturated rings. The molecule has 0 unspecified atom stereocenters. The topological polar surface area (TPSA) is 83.6 Å². The Balaban J connectivity index is 2.05. The molecule has 5 heteroatoms. The summed E-state index contributed by atoms with van der Waals surface area (Å²) in [5, 5.41) is 9.42. The monoisotopic (exact) mass is 262 g/mol. The van der Waals surface area contributed by atoms with Gasteiger partial charge in [0.2, 0.25) is 11.8 Å². The maximum absolute atomic E-state index is 12.1. The lowest BCUT2D eigenvalue weighted by Crippen LogP contribution is -2.41. The highest BCUT2D eigenvalue weighted by Crippen LogP contribution is 2.14. The van der Waals surface area contributed by atoms with Gasteiger partial charge in [0.15, 0.2) is 0 Å². The third kappa shape index (κ3) is 3.32. The molecule has 1 aliphatic rings. The molecule has 1 heterocycles. The van der Waals surface area contributed by atoms with E-state index in [1.807, 2.05) is 0 Å². The molecular formula is C14H18N2O3. The number of amides is 2. The van der Waals surface area contributed by atoms with Gasteiger partial charge < -0.3 is 15.7 Å². The first kappa shape index (κ1) is 13.5. The average Bonchev–Trinajstić information content (AvgIpc) is 2.39. The summed E-state index contributed by atoms with van der Waals surface area (Å²) in [5.74, 6) is -0.543. The van der Waals surface area contributed by atoms with Crippen molar-refractivity contribution in [2.45, 2.75) is 25.4 Å². The van der Waals surface area contributed by atoms with E-state index in [9.17, 15) is 14.7 Å². The van der Waals surface area contributed by atoms with Gasteiger partial charge >= 0.3 is 0 Å². The van der Waals surface area contributed by atoms with Gasteiger partial charge in [-0.15, -0.1) is 0 Å². The zero-order chi connectivity index (χ0) is 13.8. The van der Waals surface area contributed by atoms with E-state index in [1.165, 1.54) is 0 Å². The van der Waals surface area contributed by atoms with Crippen LogP contribution >= 0.6 is 0 Å². The molecule has 5 nitrogen and oxygen atoms in total. The molecule has 1 saturated heterocycles. The number of nitrogens with two attached hydrogens (primary N) is 1. The van der Waals surface area contributed by atoms with Crippen molar-refractivity contribution in [2.24, 2.45) is 5.73 Å². The van der Waals surface area contributed by atoms with Crippen LogP contribution in [0.25, 0.3) is 0 Å². The third-order valence-electron chi connectivity index (χ3n) is 3.44. The molecule has 1 aromatic rings. The fourth-order valence-electron chi connectivity index (χ4n) is 2.30. The Bertz CT molecular complexity index is 479. The lowest BCUT2D eigenvalue weighted by Gasteiger charge is -2.29. The second-order valence-corrected chi connectivity index (χ2v) is 4.81. The molecule has 2 rings (SSSR count). The summed E-state index contributed by atoms with van der Waals surface area (Å²) in [6.45, 7) is 1.14. The van der Waals surface area contributed by atoms with Crippen LogP contribution in [0.1, 0.15) is 28.8 Å². The third-order valence-corrected chi connectivity index (χ3v) is 3.44. The number of rotatable bonds is 3. The molecule has 0 saturated carbocycles. The molecule has 2 amide bonds. The van der Waals surface area contributed by atoms with E-state index < -0.39 is 5.91 Å². The zero-order valence-corrected chi connectivity index (χ0v) is 10.7. The van der Waals surface area contributed by atoms with Gasteiger partial charge in [-0.1, -0.05) is 18.2 Å². The molecule has 0 spiro atoms. The van der Waals surface area contributed by atoms with E-state index in [2.05, 4.69) is 0 Å². The van der Waals surface area contributed by atoms with Crippen molar-refractivity contribution in [1.82, 2.24) is 4.90 Å². The number of likely N-dealkylation sites (tertiary alicyclic amines) is 1. The number of nitrogens with zero attached hydrogens (tertiary/aromatic N) is 1. The van der Waals surface area contributed by atoms with Crippen molar-refractivity contribution in [3.05, 3.63) is 35.4 Å². The molecule has 3 N–H and O–H groups in total. The Morgan fingerprint density at radius 1 is 1.26 bits per heavy atom. The molecule has 0 bridgehead atoms. The van der Waals surface area contributed by atoms with E-state index in [-0.39, 0.29) is 18.4 Å². The van der Waals surface area contributed by atoms with E-state index in [0.717, 1.165) is 0 Å². The van der Waals surface area contributed by atoms with Crippen LogP contribution < -0.4 is 5.73 Å². The van der Waals surface area contributed by atoms with Crippen molar-refractivity contribution in [3.8, 4) is 0 Å². The number of piperidine rings is 1. The molecule has 1 aromatic carbocycles. The summed E-state index contributed by atoms with van der Waals surface area (Å²) in [4.78, 5) is 25.2. The molecule has 19 heavy (non-hydrogen) atoms. The molecule has 1 aliphatic heterocycles. The summed E-state index contributed by atoms with van der Waals surface area (Å²) >= 11 is 0. The Morgan fingerprint density at radius 3 is 2.53 bits per heavy atom. The fourth-order valence-corrected chi connectivity index (χ4v) is 2.30. The average molecular weight is 262 g/mol. The van der Waals surface area contributed by atoms with Gasteiger partial charge in [-0.3, -0.25) is 9.59 Å². The van der Waals surface area contributed by atoms with Crippen LogP contribution in [0, 0.1) is 0 Å². The Hall–Kier alpha value is -1.88. The second-order valence-electron chi connectivity index (χ2n) is 4.81. The highest BCUT2D eigenvalue weighted by molar-refractivity contribution is 5.95. The van der Waals surface area contributed by atoms with E-state index >= 15 is 0 Å². The number of carbonyl (C=O) groups excluding carboxylic acids is 2. The number of carbonyl (C=O) groups is 2. The Kier molecular flexibility index (Phi) is 4.16. The SMILES string of the molecule is NC(=O)c1ccccc1CC(=O)N1CCC(O)CC1. The molecule has 0 aliphatic carbocycles. The number of aliphatic hydroxyl groups is 1. The van der Waals surface area contributed by atoms with Crippen molar-refractivity contribution in [3.63, 3.8) is 0 Å². The summed E-state index contributed by atoms with van der Waals surface area (Å²) in [6.07, 6.45) is 1.10. The predicted molar refractivity (Wildman–Crippen MR) is 70.5 cm³/mol. The smallest absolute Gasteiger partial charge is 0.248 e. The van der Waals surface area contributed by atoms with Crippen LogP contribution in [0.5, 0.6) is 0 Å². The molecule has 0 atom stereocenters. The number of hydrogen-bond acceptors (Lipinski definition) is 3. The number of benzene rings is 1. The maximum Gasteiger partial charge on any atom is 0.248 e. The highest BCUT2D eigenvalue weighted by Gasteiger charge is 2.22. The van der Waals surface area contributed by atoms with Crippen LogP contribution in [0.2, 0.25) is 0 Å². The van der Waals surface area contributed by atoms with Crippen LogP contribution in [-0.4, -0.2) is 41.0 Å². The molecule has 0 aromatic heterocycles. The summed E-state index contributed by atoms with van der Waals surface area (Å²) < 4.78 is 0. The standard InChI is InChI=1S/C14H18N2O3/c15-14(19)12-4-2-1-3-10(12)9-13(18)16-7-5-11(17)6-8-16/h1-4,11,17H,5-9H2,(H2,15,19). The van der Waals surface area contributed by atoms with Gasteiger partial charge in [0.05, 0.1) is 12.5 Å². The summed E-state index contributed by atoms with van der Waals surface area (Å²) in [6, 6.07) is 6.89. The number of primary amides is 1. The van der Waals surface area contributed by atoms with Crippen molar-refractivity contribution in [1.29, 1.82) is 0 Å². The molecule has 102 valence electrons. The van der Waals surface area contributed by atoms with Crippen molar-refractivity contribution in [2.75, 3.05) is 13.1 Å². The minimum Gasteiger partial charge on any atom is -0.393 e. The normalized spacial score (nSPS) is 16.4. The first-order chi connectivity index (χ1) is 9.08. The van der Waals surface area contributed by atoms with Crippen LogP contribution in [0.3, 0.4) is 0 Å². The lowest BCUT2D eigenvalue weighted by atomic mass is 10.0. The van der Waals surface area contributed by atoms with Crippen LogP contribution in [0.4, 0.5) is 0 Å². The minimum atomic E-state index is -0.516. The zero-order valence-electron chi connectivity index (χ0n) is 10.7. The molecule has 0 radical (unpaired) electrons. The van der Waals surface area contributed by atoms with Crippen LogP contribution in [-0.2, 0) is 11.2 Å². The number of aliphatic hydroxyl groups excluding tert-OH is 1. The van der Waals surface area contributed by atoms with Gasteiger partial charge in [-0.25, -0.2) is 0 Å². The predicted octanol–water partition coefficient (Wildman–Crippen LogP) is 0.311. The first-order valence-corrected chi connectivity index (χ1v) is 6.41. The second kappa shape index (κ2) is 5.84. The van der Waals surface area contributed by atoms with Crippen molar-refractivity contribution >= 4 is 11.8 Å². The van der Waals surface area contributed by atoms with E-state index in [4.69, 9.17) is 5.73 Å². The highest BCUT2D eigenvalue weighted by atomic mass is 16.3. The number of hydrogen-bond donors (Lipinski definition) is 2. The van der Waals surface area contributed by atoms with Gasteiger partial charge in [-0.2, -0.15) is 0 Å². The largest absolute Gasteiger partial charge is 0.393 e. The summed E-state index contributed by atoms with van der Waals surface area (Å²) in [7, 11) is 0. The lowest BCUT2D eigenvalue weighted by molar-refractivity contribution is -0.132. The van der Waals surface area contributed by atoms with Gasteiger partial charge in [0.25, 0.3) is 0 Å². The summed E-state index contributed by atoms with van der Waals surface area (Å²) in [5.41, 5.74) is 6.34. The Morgan fingerprint density at radius 2 is 1.89 bits per heavy atom. The van der Waals surface area contributed by atoms with Crippen molar-refractivity contribution < 1.29 is 14.7 Å². The van der Waals surface area contributed by atoms with E-state index in [0.29, 0.717) is 37.1 Å². The fraction of sp³-hybridized carbons (Fsp3) is 0.429. The van der Waals surface area contributed by atoms with Gasteiger partial charge in [0, 0.05) is 18.7 Å². The first-order valence-electron chi connectivity index (χ1n) is 6.41. The quantitative estimate of drug-likeness (QED) is 0.822.